The maximum Gasteiger partial charge on any atom is 0.335 e. The van der Waals surface area contributed by atoms with Crippen molar-refractivity contribution >= 4 is 22.9 Å². The normalized spacial score (nSPS) is 17.5. The lowest BCUT2D eigenvalue weighted by Gasteiger charge is -2.16. The number of rotatable bonds is 6. The van der Waals surface area contributed by atoms with E-state index in [4.69, 9.17) is 10.5 Å². The van der Waals surface area contributed by atoms with Crippen LogP contribution in [0.5, 0.6) is 11.5 Å². The van der Waals surface area contributed by atoms with Gasteiger partial charge in [0.15, 0.2) is 11.5 Å². The van der Waals surface area contributed by atoms with E-state index in [0.717, 1.165) is 12.8 Å². The quantitative estimate of drug-likeness (QED) is 0.312. The standard InChI is InChI=1S/C28H25N7O3/c29-15-19(14-18-6-7-18)27(36)33-13-12-21(16-33)35-26-24(25(30)31-17-32-26)34(28(35)37)20-8-10-23(11-9-20)38-22-4-2-1-3-5-22/h1-5,8-11,14,17-18,21H,6-7,12-13,16H2,(H2,30,31,32)/b19-14+/t21-/m1/s1. The van der Waals surface area contributed by atoms with Gasteiger partial charge in [-0.25, -0.2) is 14.8 Å². The summed E-state index contributed by atoms with van der Waals surface area (Å²) in [7, 11) is 0. The van der Waals surface area contributed by atoms with E-state index in [0.29, 0.717) is 53.8 Å². The summed E-state index contributed by atoms with van der Waals surface area (Å²) in [6.45, 7) is 0.744. The summed E-state index contributed by atoms with van der Waals surface area (Å²) in [4.78, 5) is 37.0. The molecule has 10 nitrogen and oxygen atoms in total. The zero-order valence-electron chi connectivity index (χ0n) is 20.5. The molecule has 6 rings (SSSR count). The number of hydrogen-bond acceptors (Lipinski definition) is 7. The lowest BCUT2D eigenvalue weighted by molar-refractivity contribution is -0.125. The largest absolute Gasteiger partial charge is 0.457 e. The summed E-state index contributed by atoms with van der Waals surface area (Å²) in [5.74, 6) is 1.54. The molecule has 1 aliphatic carbocycles. The molecule has 2 N–H and O–H groups in total. The molecule has 0 unspecified atom stereocenters. The molecule has 0 spiro atoms. The van der Waals surface area contributed by atoms with Gasteiger partial charge in [-0.2, -0.15) is 5.26 Å². The Hall–Kier alpha value is -4.91. The molecule has 1 saturated carbocycles. The SMILES string of the molecule is N#C/C(=C\C1CC1)C(=O)N1CC[C@@H](n2c(=O)n(-c3ccc(Oc4ccccc4)cc3)c3c(N)ncnc32)C1. The summed E-state index contributed by atoms with van der Waals surface area (Å²) >= 11 is 0. The molecular formula is C28H25N7O3. The van der Waals surface area contributed by atoms with Crippen molar-refractivity contribution < 1.29 is 9.53 Å². The van der Waals surface area contributed by atoms with Crippen molar-refractivity contribution in [3.63, 3.8) is 0 Å². The van der Waals surface area contributed by atoms with Crippen molar-refractivity contribution in [3.8, 4) is 23.3 Å². The van der Waals surface area contributed by atoms with Gasteiger partial charge in [-0.1, -0.05) is 24.3 Å². The number of para-hydroxylation sites is 1. The van der Waals surface area contributed by atoms with Crippen LogP contribution in [0.1, 0.15) is 25.3 Å². The van der Waals surface area contributed by atoms with Gasteiger partial charge in [0.2, 0.25) is 0 Å². The van der Waals surface area contributed by atoms with Gasteiger partial charge in [0, 0.05) is 13.1 Å². The van der Waals surface area contributed by atoms with Crippen molar-refractivity contribution in [2.75, 3.05) is 18.8 Å². The van der Waals surface area contributed by atoms with Crippen LogP contribution >= 0.6 is 0 Å². The number of nitrogen functional groups attached to an aromatic ring is 1. The van der Waals surface area contributed by atoms with Gasteiger partial charge >= 0.3 is 5.69 Å². The third kappa shape index (κ3) is 4.28. The highest BCUT2D eigenvalue weighted by molar-refractivity contribution is 5.97. The minimum Gasteiger partial charge on any atom is -0.457 e. The molecule has 0 bridgehead atoms. The second-order valence-electron chi connectivity index (χ2n) is 9.55. The van der Waals surface area contributed by atoms with E-state index in [1.54, 1.807) is 39.8 Å². The van der Waals surface area contributed by atoms with Crippen LogP contribution in [0.4, 0.5) is 5.82 Å². The van der Waals surface area contributed by atoms with Crippen molar-refractivity contribution in [1.82, 2.24) is 24.0 Å². The van der Waals surface area contributed by atoms with E-state index in [1.165, 1.54) is 10.9 Å². The third-order valence-corrected chi connectivity index (χ3v) is 6.95. The number of carbonyl (C=O) groups excluding carboxylic acids is 1. The molecule has 2 aromatic heterocycles. The predicted molar refractivity (Wildman–Crippen MR) is 141 cm³/mol. The Morgan fingerprint density at radius 2 is 1.79 bits per heavy atom. The van der Waals surface area contributed by atoms with E-state index < -0.39 is 0 Å². The van der Waals surface area contributed by atoms with E-state index >= 15 is 0 Å². The Morgan fingerprint density at radius 3 is 2.50 bits per heavy atom. The number of anilines is 1. The molecule has 2 aliphatic rings. The van der Waals surface area contributed by atoms with Gasteiger partial charge in [-0.15, -0.1) is 0 Å². The number of allylic oxidation sites excluding steroid dienone is 1. The molecule has 190 valence electrons. The van der Waals surface area contributed by atoms with Gasteiger partial charge in [0.1, 0.15) is 35.0 Å². The molecule has 3 heterocycles. The monoisotopic (exact) mass is 507 g/mol. The van der Waals surface area contributed by atoms with E-state index in [-0.39, 0.29) is 29.0 Å². The Morgan fingerprint density at radius 1 is 1.05 bits per heavy atom. The lowest BCUT2D eigenvalue weighted by atomic mass is 10.2. The topological polar surface area (TPSA) is 132 Å². The zero-order chi connectivity index (χ0) is 26.2. The summed E-state index contributed by atoms with van der Waals surface area (Å²) in [6.07, 6.45) is 5.68. The van der Waals surface area contributed by atoms with Crippen LogP contribution in [0.25, 0.3) is 16.9 Å². The van der Waals surface area contributed by atoms with Crippen molar-refractivity contribution in [2.24, 2.45) is 5.92 Å². The van der Waals surface area contributed by atoms with Gasteiger partial charge in [0.05, 0.1) is 11.7 Å². The average Bonchev–Trinajstić information content (AvgIpc) is 3.54. The highest BCUT2D eigenvalue weighted by atomic mass is 16.5. The van der Waals surface area contributed by atoms with E-state index in [9.17, 15) is 14.9 Å². The molecule has 10 heteroatoms. The maximum atomic E-state index is 13.8. The number of fused-ring (bicyclic) bond motifs is 1. The second-order valence-corrected chi connectivity index (χ2v) is 9.55. The first kappa shape index (κ1) is 23.5. The molecule has 1 atom stereocenters. The average molecular weight is 508 g/mol. The fourth-order valence-electron chi connectivity index (χ4n) is 4.89. The summed E-state index contributed by atoms with van der Waals surface area (Å²) < 4.78 is 8.96. The van der Waals surface area contributed by atoms with Gasteiger partial charge < -0.3 is 15.4 Å². The van der Waals surface area contributed by atoms with Crippen LogP contribution in [0.2, 0.25) is 0 Å². The van der Waals surface area contributed by atoms with Crippen LogP contribution in [0.3, 0.4) is 0 Å². The maximum absolute atomic E-state index is 13.8. The molecule has 2 fully saturated rings. The van der Waals surface area contributed by atoms with Crippen LogP contribution in [-0.2, 0) is 4.79 Å². The highest BCUT2D eigenvalue weighted by Crippen LogP contribution is 2.33. The van der Waals surface area contributed by atoms with Gasteiger partial charge in [0.25, 0.3) is 5.91 Å². The number of imidazole rings is 1. The number of nitrogens with two attached hydrogens (primary N) is 1. The molecule has 1 saturated heterocycles. The first-order valence-electron chi connectivity index (χ1n) is 12.5. The summed E-state index contributed by atoms with van der Waals surface area (Å²) in [6, 6.07) is 18.3. The number of amides is 1. The Kier molecular flexibility index (Phi) is 5.88. The van der Waals surface area contributed by atoms with Crippen LogP contribution < -0.4 is 16.2 Å². The summed E-state index contributed by atoms with van der Waals surface area (Å²) in [5, 5.41) is 9.50. The van der Waals surface area contributed by atoms with E-state index in [1.807, 2.05) is 36.4 Å². The first-order chi connectivity index (χ1) is 18.5. The number of benzene rings is 2. The van der Waals surface area contributed by atoms with Gasteiger partial charge in [-0.05, 0) is 61.6 Å². The number of aromatic nitrogens is 4. The molecular weight excluding hydrogens is 482 g/mol. The molecule has 1 aliphatic heterocycles. The highest BCUT2D eigenvalue weighted by Gasteiger charge is 2.33. The molecule has 2 aromatic carbocycles. The van der Waals surface area contributed by atoms with Crippen LogP contribution in [0, 0.1) is 17.2 Å². The Bertz CT molecular complexity index is 1640. The Balaban J connectivity index is 1.33. The smallest absolute Gasteiger partial charge is 0.335 e. The number of ether oxygens (including phenoxy) is 1. The minimum absolute atomic E-state index is 0.173. The number of carbonyl (C=O) groups is 1. The second kappa shape index (κ2) is 9.52. The Labute approximate surface area is 218 Å². The fourth-order valence-corrected chi connectivity index (χ4v) is 4.89. The molecule has 0 radical (unpaired) electrons. The van der Waals surface area contributed by atoms with Crippen molar-refractivity contribution in [1.29, 1.82) is 5.26 Å². The number of hydrogen-bond donors (Lipinski definition) is 1. The van der Waals surface area contributed by atoms with Gasteiger partial charge in [-0.3, -0.25) is 13.9 Å². The van der Waals surface area contributed by atoms with Crippen molar-refractivity contribution in [2.45, 2.75) is 25.3 Å². The zero-order valence-corrected chi connectivity index (χ0v) is 20.5. The summed E-state index contributed by atoms with van der Waals surface area (Å²) in [5.41, 5.74) is 7.49. The van der Waals surface area contributed by atoms with Crippen molar-refractivity contribution in [3.05, 3.63) is 83.1 Å². The predicted octanol–water partition coefficient (Wildman–Crippen LogP) is 3.59. The number of nitriles is 1. The lowest BCUT2D eigenvalue weighted by Crippen LogP contribution is -2.32. The fraction of sp³-hybridized carbons (Fsp3) is 0.250. The van der Waals surface area contributed by atoms with Crippen LogP contribution in [0.15, 0.2) is 77.4 Å². The molecule has 38 heavy (non-hydrogen) atoms. The molecule has 4 aromatic rings. The molecule has 1 amide bonds. The first-order valence-corrected chi connectivity index (χ1v) is 12.5. The van der Waals surface area contributed by atoms with E-state index in [2.05, 4.69) is 9.97 Å². The van der Waals surface area contributed by atoms with Crippen LogP contribution in [-0.4, -0.2) is 43.0 Å². The number of likely N-dealkylation sites (tertiary alicyclic amines) is 1. The number of nitrogens with zero attached hydrogens (tertiary/aromatic N) is 6. The third-order valence-electron chi connectivity index (χ3n) is 6.95. The minimum atomic E-state index is -0.322.